The molecule has 0 bridgehead atoms. The van der Waals surface area contributed by atoms with Gasteiger partial charge in [-0.3, -0.25) is 4.79 Å². The molecule has 0 radical (unpaired) electrons. The van der Waals surface area contributed by atoms with Crippen LogP contribution in [0.4, 0.5) is 0 Å². The third-order valence-electron chi connectivity index (χ3n) is 2.36. The van der Waals surface area contributed by atoms with Gasteiger partial charge in [0.15, 0.2) is 0 Å². The molecule has 5 N–H and O–H groups in total. The molecule has 16 heavy (non-hydrogen) atoms. The quantitative estimate of drug-likeness (QED) is 0.577. The van der Waals surface area contributed by atoms with Gasteiger partial charge in [0.1, 0.15) is 11.9 Å². The Morgan fingerprint density at radius 3 is 2.62 bits per heavy atom. The molecule has 0 aliphatic heterocycles. The topological polar surface area (TPSA) is 104 Å². The standard InChI is InChI=1S/C11H15NO4/c1-6-3-2-4-7(10(6)15)11(16)8(13)5-9(12)14/h2-4,8,11,13,15-16H,5H2,1H3,(H2,12,14). The molecule has 1 amide bonds. The van der Waals surface area contributed by atoms with Crippen molar-refractivity contribution in [3.8, 4) is 5.75 Å². The maximum absolute atomic E-state index is 10.6. The average Bonchev–Trinajstić information content (AvgIpc) is 2.20. The zero-order valence-corrected chi connectivity index (χ0v) is 8.92. The monoisotopic (exact) mass is 225 g/mol. The van der Waals surface area contributed by atoms with E-state index in [0.29, 0.717) is 5.56 Å². The fourth-order valence-electron chi connectivity index (χ4n) is 1.45. The lowest BCUT2D eigenvalue weighted by Crippen LogP contribution is -2.25. The molecule has 0 aliphatic rings. The molecule has 5 nitrogen and oxygen atoms in total. The van der Waals surface area contributed by atoms with Crippen LogP contribution in [-0.2, 0) is 4.79 Å². The van der Waals surface area contributed by atoms with E-state index in [0.717, 1.165) is 0 Å². The highest BCUT2D eigenvalue weighted by Gasteiger charge is 2.23. The van der Waals surface area contributed by atoms with E-state index in [9.17, 15) is 20.1 Å². The van der Waals surface area contributed by atoms with Crippen molar-refractivity contribution in [1.29, 1.82) is 0 Å². The number of carbonyl (C=O) groups is 1. The number of amides is 1. The van der Waals surface area contributed by atoms with E-state index in [1.54, 1.807) is 19.1 Å². The van der Waals surface area contributed by atoms with Crippen LogP contribution in [0.25, 0.3) is 0 Å². The highest BCUT2D eigenvalue weighted by atomic mass is 16.3. The first kappa shape index (κ1) is 12.5. The first-order valence-electron chi connectivity index (χ1n) is 4.86. The van der Waals surface area contributed by atoms with Crippen LogP contribution in [0.1, 0.15) is 23.7 Å². The smallest absolute Gasteiger partial charge is 0.220 e. The SMILES string of the molecule is Cc1cccc(C(O)C(O)CC(N)=O)c1O. The van der Waals surface area contributed by atoms with Gasteiger partial charge < -0.3 is 21.1 Å². The third-order valence-corrected chi connectivity index (χ3v) is 2.36. The largest absolute Gasteiger partial charge is 0.507 e. The predicted molar refractivity (Wildman–Crippen MR) is 57.6 cm³/mol. The molecule has 0 aromatic heterocycles. The number of aryl methyl sites for hydroxylation is 1. The number of aromatic hydroxyl groups is 1. The number of hydrogen-bond donors (Lipinski definition) is 4. The van der Waals surface area contributed by atoms with Gasteiger partial charge in [-0.1, -0.05) is 18.2 Å². The molecular weight excluding hydrogens is 210 g/mol. The van der Waals surface area contributed by atoms with Crippen molar-refractivity contribution in [3.63, 3.8) is 0 Å². The van der Waals surface area contributed by atoms with Crippen LogP contribution in [-0.4, -0.2) is 27.3 Å². The van der Waals surface area contributed by atoms with E-state index in [-0.39, 0.29) is 17.7 Å². The van der Waals surface area contributed by atoms with Gasteiger partial charge in [0.25, 0.3) is 0 Å². The molecule has 2 unspecified atom stereocenters. The molecule has 0 saturated carbocycles. The Bertz CT molecular complexity index is 392. The summed E-state index contributed by atoms with van der Waals surface area (Å²) in [7, 11) is 0. The second-order valence-electron chi connectivity index (χ2n) is 3.70. The van der Waals surface area contributed by atoms with Crippen LogP contribution < -0.4 is 5.73 Å². The van der Waals surface area contributed by atoms with Crippen molar-refractivity contribution >= 4 is 5.91 Å². The number of aliphatic hydroxyl groups is 2. The number of hydrogen-bond acceptors (Lipinski definition) is 4. The van der Waals surface area contributed by atoms with E-state index in [4.69, 9.17) is 5.73 Å². The number of nitrogens with two attached hydrogens (primary N) is 1. The van der Waals surface area contributed by atoms with Crippen LogP contribution in [0.15, 0.2) is 18.2 Å². The Morgan fingerprint density at radius 2 is 2.06 bits per heavy atom. The summed E-state index contributed by atoms with van der Waals surface area (Å²) in [4.78, 5) is 10.6. The summed E-state index contributed by atoms with van der Waals surface area (Å²) in [6, 6.07) is 4.80. The lowest BCUT2D eigenvalue weighted by molar-refractivity contribution is -0.121. The number of phenols is 1. The van der Waals surface area contributed by atoms with Gasteiger partial charge in [-0.05, 0) is 12.5 Å². The summed E-state index contributed by atoms with van der Waals surface area (Å²) >= 11 is 0. The summed E-state index contributed by atoms with van der Waals surface area (Å²) in [6.07, 6.45) is -2.99. The van der Waals surface area contributed by atoms with Crippen LogP contribution in [0.3, 0.4) is 0 Å². The molecule has 1 aromatic carbocycles. The van der Waals surface area contributed by atoms with Gasteiger partial charge >= 0.3 is 0 Å². The first-order valence-corrected chi connectivity index (χ1v) is 4.86. The number of benzene rings is 1. The molecule has 0 fully saturated rings. The fraction of sp³-hybridized carbons (Fsp3) is 0.364. The molecule has 1 aromatic rings. The lowest BCUT2D eigenvalue weighted by atomic mass is 9.99. The van der Waals surface area contributed by atoms with Crippen LogP contribution in [0.5, 0.6) is 5.75 Å². The Hall–Kier alpha value is -1.59. The Kier molecular flexibility index (Phi) is 3.87. The summed E-state index contributed by atoms with van der Waals surface area (Å²) < 4.78 is 0. The first-order chi connectivity index (χ1) is 7.43. The predicted octanol–water partition coefficient (Wildman–Crippen LogP) is -0.0297. The zero-order valence-electron chi connectivity index (χ0n) is 8.92. The maximum atomic E-state index is 10.6. The van der Waals surface area contributed by atoms with Crippen molar-refractivity contribution < 1.29 is 20.1 Å². The summed E-state index contributed by atoms with van der Waals surface area (Å²) in [5.41, 5.74) is 5.68. The number of rotatable bonds is 4. The van der Waals surface area contributed by atoms with E-state index in [2.05, 4.69) is 0 Å². The Balaban J connectivity index is 2.91. The Labute approximate surface area is 93.1 Å². The van der Waals surface area contributed by atoms with E-state index in [1.165, 1.54) is 6.07 Å². The minimum absolute atomic E-state index is 0.0847. The lowest BCUT2D eigenvalue weighted by Gasteiger charge is -2.18. The molecule has 2 atom stereocenters. The van der Waals surface area contributed by atoms with Crippen molar-refractivity contribution in [2.24, 2.45) is 5.73 Å². The normalized spacial score (nSPS) is 14.4. The van der Waals surface area contributed by atoms with Crippen molar-refractivity contribution in [1.82, 2.24) is 0 Å². The molecule has 88 valence electrons. The van der Waals surface area contributed by atoms with Gasteiger partial charge in [0.2, 0.25) is 5.91 Å². The second-order valence-corrected chi connectivity index (χ2v) is 3.70. The molecule has 0 aliphatic carbocycles. The van der Waals surface area contributed by atoms with E-state index in [1.807, 2.05) is 0 Å². The minimum atomic E-state index is -1.33. The van der Waals surface area contributed by atoms with Crippen molar-refractivity contribution in [2.75, 3.05) is 0 Å². The van der Waals surface area contributed by atoms with Gasteiger partial charge in [-0.25, -0.2) is 0 Å². The zero-order chi connectivity index (χ0) is 12.3. The van der Waals surface area contributed by atoms with E-state index >= 15 is 0 Å². The number of phenolic OH excluding ortho intramolecular Hbond substituents is 1. The molecule has 0 heterocycles. The van der Waals surface area contributed by atoms with Gasteiger partial charge in [-0.15, -0.1) is 0 Å². The molecular formula is C11H15NO4. The Morgan fingerprint density at radius 1 is 1.44 bits per heavy atom. The molecule has 0 saturated heterocycles. The highest BCUT2D eigenvalue weighted by molar-refractivity contribution is 5.74. The van der Waals surface area contributed by atoms with Gasteiger partial charge in [0, 0.05) is 5.56 Å². The van der Waals surface area contributed by atoms with Gasteiger partial charge in [0.05, 0.1) is 12.5 Å². The van der Waals surface area contributed by atoms with Gasteiger partial charge in [-0.2, -0.15) is 0 Å². The minimum Gasteiger partial charge on any atom is -0.507 e. The van der Waals surface area contributed by atoms with Crippen molar-refractivity contribution in [3.05, 3.63) is 29.3 Å². The molecule has 1 rings (SSSR count). The number of primary amides is 1. The van der Waals surface area contributed by atoms with Crippen LogP contribution in [0, 0.1) is 6.92 Å². The van der Waals surface area contributed by atoms with Crippen molar-refractivity contribution in [2.45, 2.75) is 25.6 Å². The molecule has 5 heteroatoms. The number of para-hydroxylation sites is 1. The van der Waals surface area contributed by atoms with Crippen LogP contribution in [0.2, 0.25) is 0 Å². The number of aliphatic hydroxyl groups excluding tert-OH is 2. The molecule has 0 spiro atoms. The van der Waals surface area contributed by atoms with Crippen LogP contribution >= 0.6 is 0 Å². The maximum Gasteiger partial charge on any atom is 0.220 e. The summed E-state index contributed by atoms with van der Waals surface area (Å²) in [5.74, 6) is -0.794. The average molecular weight is 225 g/mol. The third kappa shape index (κ3) is 2.71. The van der Waals surface area contributed by atoms with E-state index < -0.39 is 18.1 Å². The second kappa shape index (κ2) is 4.96. The number of carbonyl (C=O) groups excluding carboxylic acids is 1. The summed E-state index contributed by atoms with van der Waals surface area (Å²) in [5, 5.41) is 28.9. The highest BCUT2D eigenvalue weighted by Crippen LogP contribution is 2.29. The fourth-order valence-corrected chi connectivity index (χ4v) is 1.45. The summed E-state index contributed by atoms with van der Waals surface area (Å²) in [6.45, 7) is 1.67.